The van der Waals surface area contributed by atoms with Gasteiger partial charge < -0.3 is 5.11 Å². The lowest BCUT2D eigenvalue weighted by molar-refractivity contribution is -0.139. The van der Waals surface area contributed by atoms with Gasteiger partial charge in [-0.25, -0.2) is 13.1 Å². The summed E-state index contributed by atoms with van der Waals surface area (Å²) in [6.07, 6.45) is 0.105. The topological polar surface area (TPSA) is 101 Å². The summed E-state index contributed by atoms with van der Waals surface area (Å²) in [5, 5.41) is 8.78. The summed E-state index contributed by atoms with van der Waals surface area (Å²) >= 11 is 0. The van der Waals surface area contributed by atoms with Crippen molar-refractivity contribution in [2.75, 3.05) is 5.75 Å². The molecule has 0 aliphatic carbocycles. The summed E-state index contributed by atoms with van der Waals surface area (Å²) in [5.41, 5.74) is 0.274. The number of rotatable bonds is 7. The number of carbonyl (C=O) groups is 2. The second-order valence-corrected chi connectivity index (χ2v) is 5.72. The second-order valence-electron chi connectivity index (χ2n) is 3.97. The van der Waals surface area contributed by atoms with Crippen molar-refractivity contribution >= 4 is 21.8 Å². The van der Waals surface area contributed by atoms with Gasteiger partial charge >= 0.3 is 5.97 Å². The summed E-state index contributed by atoms with van der Waals surface area (Å²) in [5.74, 6) is -2.60. The first-order chi connectivity index (χ1) is 8.85. The molecule has 0 aromatic heterocycles. The first-order valence-corrected chi connectivity index (χ1v) is 7.32. The molecule has 0 amide bonds. The zero-order valence-corrected chi connectivity index (χ0v) is 11.2. The minimum Gasteiger partial charge on any atom is -0.480 e. The van der Waals surface area contributed by atoms with E-state index in [4.69, 9.17) is 5.11 Å². The summed E-state index contributed by atoms with van der Waals surface area (Å²) < 4.78 is 25.4. The van der Waals surface area contributed by atoms with Crippen molar-refractivity contribution in [3.63, 3.8) is 0 Å². The van der Waals surface area contributed by atoms with Crippen LogP contribution in [0.2, 0.25) is 0 Å². The molecule has 2 N–H and O–H groups in total. The van der Waals surface area contributed by atoms with Crippen molar-refractivity contribution in [3.05, 3.63) is 35.9 Å². The quantitative estimate of drug-likeness (QED) is 0.716. The monoisotopic (exact) mass is 285 g/mol. The summed E-state index contributed by atoms with van der Waals surface area (Å²) in [6, 6.07) is 6.76. The third-order valence-electron chi connectivity index (χ3n) is 2.45. The van der Waals surface area contributed by atoms with E-state index in [9.17, 15) is 18.0 Å². The molecule has 1 atom stereocenters. The van der Waals surface area contributed by atoms with Gasteiger partial charge in [0.15, 0.2) is 5.78 Å². The van der Waals surface area contributed by atoms with Crippen LogP contribution in [-0.2, 0) is 14.8 Å². The minimum atomic E-state index is -3.97. The first-order valence-electron chi connectivity index (χ1n) is 5.66. The van der Waals surface area contributed by atoms with Gasteiger partial charge in [0, 0.05) is 5.56 Å². The van der Waals surface area contributed by atoms with Crippen LogP contribution in [0.15, 0.2) is 30.3 Å². The Morgan fingerprint density at radius 1 is 1.26 bits per heavy atom. The van der Waals surface area contributed by atoms with E-state index in [1.54, 1.807) is 25.1 Å². The molecule has 0 aliphatic heterocycles. The molecular formula is C12H15NO5S. The number of carbonyl (C=O) groups excluding carboxylic acids is 1. The van der Waals surface area contributed by atoms with Gasteiger partial charge in [0.05, 0.1) is 0 Å². The molecule has 0 saturated carbocycles. The van der Waals surface area contributed by atoms with Crippen LogP contribution in [-0.4, -0.2) is 37.1 Å². The van der Waals surface area contributed by atoms with Crippen LogP contribution in [0.4, 0.5) is 0 Å². The molecule has 0 bridgehead atoms. The van der Waals surface area contributed by atoms with E-state index in [1.165, 1.54) is 12.1 Å². The van der Waals surface area contributed by atoms with Gasteiger partial charge in [0.2, 0.25) is 10.0 Å². The lowest BCUT2D eigenvalue weighted by Crippen LogP contribution is -2.42. The average Bonchev–Trinajstić information content (AvgIpc) is 2.36. The van der Waals surface area contributed by atoms with Gasteiger partial charge in [-0.2, -0.15) is 0 Å². The summed E-state index contributed by atoms with van der Waals surface area (Å²) in [7, 11) is -3.97. The van der Waals surface area contributed by atoms with E-state index in [2.05, 4.69) is 0 Å². The van der Waals surface area contributed by atoms with Crippen LogP contribution in [0.5, 0.6) is 0 Å². The lowest BCUT2D eigenvalue weighted by Gasteiger charge is -2.12. The molecular weight excluding hydrogens is 270 g/mol. The number of Topliss-reactive ketones (excluding diaryl/α,β-unsaturated/α-hetero) is 1. The molecule has 104 valence electrons. The number of hydrogen-bond acceptors (Lipinski definition) is 4. The SMILES string of the molecule is CCC(NS(=O)(=O)CC(=O)c1ccccc1)C(=O)O. The predicted octanol–water partition coefficient (Wildman–Crippen LogP) is 0.652. The summed E-state index contributed by atoms with van der Waals surface area (Å²) in [6.45, 7) is 1.54. The first kappa shape index (κ1) is 15.3. The highest BCUT2D eigenvalue weighted by Crippen LogP contribution is 2.03. The highest BCUT2D eigenvalue weighted by atomic mass is 32.2. The van der Waals surface area contributed by atoms with Gasteiger partial charge in [0.25, 0.3) is 0 Å². The zero-order chi connectivity index (χ0) is 14.5. The number of benzene rings is 1. The molecule has 0 saturated heterocycles. The van der Waals surface area contributed by atoms with E-state index in [0.717, 1.165) is 0 Å². The lowest BCUT2D eigenvalue weighted by atomic mass is 10.2. The van der Waals surface area contributed by atoms with E-state index in [1.807, 2.05) is 4.72 Å². The second kappa shape index (κ2) is 6.44. The smallest absolute Gasteiger partial charge is 0.321 e. The standard InChI is InChI=1S/C12H15NO5S/c1-2-10(12(15)16)13-19(17,18)8-11(14)9-6-4-3-5-7-9/h3-7,10,13H,2,8H2,1H3,(H,15,16). The third-order valence-corrected chi connectivity index (χ3v) is 3.73. The van der Waals surface area contributed by atoms with Gasteiger partial charge in [-0.1, -0.05) is 37.3 Å². The van der Waals surface area contributed by atoms with Crippen molar-refractivity contribution in [1.82, 2.24) is 4.72 Å². The maximum Gasteiger partial charge on any atom is 0.321 e. The molecule has 19 heavy (non-hydrogen) atoms. The van der Waals surface area contributed by atoms with Crippen molar-refractivity contribution in [3.8, 4) is 0 Å². The Morgan fingerprint density at radius 3 is 2.32 bits per heavy atom. The number of carboxylic acids is 1. The average molecular weight is 285 g/mol. The number of hydrogen-bond donors (Lipinski definition) is 2. The van der Waals surface area contributed by atoms with Crippen molar-refractivity contribution in [2.45, 2.75) is 19.4 Å². The fourth-order valence-corrected chi connectivity index (χ4v) is 2.74. The van der Waals surface area contributed by atoms with Crippen molar-refractivity contribution < 1.29 is 23.1 Å². The van der Waals surface area contributed by atoms with E-state index >= 15 is 0 Å². The van der Waals surface area contributed by atoms with E-state index < -0.39 is 33.6 Å². The van der Waals surface area contributed by atoms with Gasteiger partial charge in [-0.15, -0.1) is 0 Å². The van der Waals surface area contributed by atoms with E-state index in [0.29, 0.717) is 0 Å². The zero-order valence-electron chi connectivity index (χ0n) is 10.4. The molecule has 1 rings (SSSR count). The van der Waals surface area contributed by atoms with Crippen LogP contribution in [0.25, 0.3) is 0 Å². The fraction of sp³-hybridized carbons (Fsp3) is 0.333. The molecule has 0 radical (unpaired) electrons. The highest BCUT2D eigenvalue weighted by molar-refractivity contribution is 7.90. The molecule has 7 heteroatoms. The third kappa shape index (κ3) is 4.80. The fourth-order valence-electron chi connectivity index (χ4n) is 1.45. The van der Waals surface area contributed by atoms with Gasteiger partial charge in [-0.3, -0.25) is 9.59 Å². The number of ketones is 1. The molecule has 1 aromatic rings. The van der Waals surface area contributed by atoms with Crippen LogP contribution >= 0.6 is 0 Å². The van der Waals surface area contributed by atoms with Crippen LogP contribution in [0, 0.1) is 0 Å². The van der Waals surface area contributed by atoms with Crippen molar-refractivity contribution in [2.24, 2.45) is 0 Å². The molecule has 1 aromatic carbocycles. The highest BCUT2D eigenvalue weighted by Gasteiger charge is 2.24. The number of carboxylic acid groups (broad SMARTS) is 1. The molecule has 1 unspecified atom stereocenters. The van der Waals surface area contributed by atoms with Crippen molar-refractivity contribution in [1.29, 1.82) is 0 Å². The minimum absolute atomic E-state index is 0.105. The maximum atomic E-state index is 11.7. The Morgan fingerprint density at radius 2 is 1.84 bits per heavy atom. The maximum absolute atomic E-state index is 11.7. The van der Waals surface area contributed by atoms with E-state index in [-0.39, 0.29) is 12.0 Å². The van der Waals surface area contributed by atoms with Gasteiger partial charge in [0.1, 0.15) is 11.8 Å². The molecule has 0 fully saturated rings. The largest absolute Gasteiger partial charge is 0.480 e. The Hall–Kier alpha value is -1.73. The predicted molar refractivity (Wildman–Crippen MR) is 69.4 cm³/mol. The number of aliphatic carboxylic acids is 1. The molecule has 0 aliphatic rings. The number of sulfonamides is 1. The normalized spacial score (nSPS) is 12.9. The molecule has 0 spiro atoms. The Labute approximate surface area is 111 Å². The molecule has 0 heterocycles. The van der Waals surface area contributed by atoms with Crippen LogP contribution in [0.1, 0.15) is 23.7 Å². The Bertz CT molecular complexity index is 553. The Kier molecular flexibility index (Phi) is 5.20. The van der Waals surface area contributed by atoms with Gasteiger partial charge in [-0.05, 0) is 6.42 Å². The number of nitrogens with one attached hydrogen (secondary N) is 1. The summed E-state index contributed by atoms with van der Waals surface area (Å²) in [4.78, 5) is 22.5. The van der Waals surface area contributed by atoms with Crippen LogP contribution < -0.4 is 4.72 Å². The van der Waals surface area contributed by atoms with Crippen LogP contribution in [0.3, 0.4) is 0 Å². The molecule has 6 nitrogen and oxygen atoms in total. The Balaban J connectivity index is 2.75.